The Morgan fingerprint density at radius 2 is 2.00 bits per heavy atom. The first kappa shape index (κ1) is 15.5. The lowest BCUT2D eigenvalue weighted by Crippen LogP contribution is -2.61. The fourth-order valence-electron chi connectivity index (χ4n) is 2.92. The van der Waals surface area contributed by atoms with Crippen LogP contribution in [0.15, 0.2) is 24.3 Å². The van der Waals surface area contributed by atoms with Gasteiger partial charge in [0.25, 0.3) is 0 Å². The van der Waals surface area contributed by atoms with Gasteiger partial charge in [-0.2, -0.15) is 0 Å². The highest BCUT2D eigenvalue weighted by Gasteiger charge is 2.48. The standard InChI is InChI=1S/C17H28N2O/c1-5-20-16-10-15(17(16,3)4)19-11-14(18)13-8-6-12(2)7-9-13/h6-9,14-16,19H,5,10-11,18H2,1-4H3. The second-order valence-corrected chi connectivity index (χ2v) is 6.48. The summed E-state index contributed by atoms with van der Waals surface area (Å²) in [6, 6.07) is 9.03. The van der Waals surface area contributed by atoms with Crippen LogP contribution in [-0.4, -0.2) is 25.3 Å². The monoisotopic (exact) mass is 276 g/mol. The zero-order valence-electron chi connectivity index (χ0n) is 13.1. The van der Waals surface area contributed by atoms with E-state index in [9.17, 15) is 0 Å². The highest BCUT2D eigenvalue weighted by Crippen LogP contribution is 2.42. The maximum absolute atomic E-state index is 6.26. The fourth-order valence-corrected chi connectivity index (χ4v) is 2.92. The lowest BCUT2D eigenvalue weighted by Gasteiger charge is -2.52. The largest absolute Gasteiger partial charge is 0.378 e. The third-order valence-electron chi connectivity index (χ3n) is 4.64. The molecule has 0 amide bonds. The normalized spacial score (nSPS) is 26.1. The van der Waals surface area contributed by atoms with Gasteiger partial charge in [-0.1, -0.05) is 43.7 Å². The summed E-state index contributed by atoms with van der Waals surface area (Å²) in [5.41, 5.74) is 8.93. The van der Waals surface area contributed by atoms with Crippen LogP contribution in [0.3, 0.4) is 0 Å². The predicted molar refractivity (Wildman–Crippen MR) is 83.7 cm³/mol. The average molecular weight is 276 g/mol. The van der Waals surface area contributed by atoms with Crippen molar-refractivity contribution in [3.63, 3.8) is 0 Å². The first-order chi connectivity index (χ1) is 9.45. The van der Waals surface area contributed by atoms with Crippen molar-refractivity contribution in [3.05, 3.63) is 35.4 Å². The molecule has 3 unspecified atom stereocenters. The number of nitrogens with two attached hydrogens (primary N) is 1. The molecule has 1 aliphatic rings. The molecule has 2 rings (SSSR count). The molecule has 0 aliphatic heterocycles. The minimum atomic E-state index is 0.0533. The van der Waals surface area contributed by atoms with Gasteiger partial charge in [0.15, 0.2) is 0 Å². The molecule has 0 spiro atoms. The topological polar surface area (TPSA) is 47.3 Å². The second-order valence-electron chi connectivity index (χ2n) is 6.48. The summed E-state index contributed by atoms with van der Waals surface area (Å²) in [7, 11) is 0. The number of hydrogen-bond acceptors (Lipinski definition) is 3. The molecule has 0 radical (unpaired) electrons. The van der Waals surface area contributed by atoms with Crippen LogP contribution < -0.4 is 11.1 Å². The quantitative estimate of drug-likeness (QED) is 0.840. The maximum Gasteiger partial charge on any atom is 0.0655 e. The SMILES string of the molecule is CCOC1CC(NCC(N)c2ccc(C)cc2)C1(C)C. The van der Waals surface area contributed by atoms with E-state index in [2.05, 4.69) is 57.3 Å². The number of aryl methyl sites for hydroxylation is 1. The zero-order chi connectivity index (χ0) is 14.8. The summed E-state index contributed by atoms with van der Waals surface area (Å²) in [4.78, 5) is 0. The number of nitrogens with one attached hydrogen (secondary N) is 1. The molecule has 1 aromatic carbocycles. The molecule has 0 heterocycles. The molecule has 1 fully saturated rings. The molecule has 3 heteroatoms. The third-order valence-corrected chi connectivity index (χ3v) is 4.64. The Morgan fingerprint density at radius 1 is 1.35 bits per heavy atom. The van der Waals surface area contributed by atoms with Crippen molar-refractivity contribution >= 4 is 0 Å². The van der Waals surface area contributed by atoms with Crippen molar-refractivity contribution in [3.8, 4) is 0 Å². The Morgan fingerprint density at radius 3 is 2.55 bits per heavy atom. The van der Waals surface area contributed by atoms with Gasteiger partial charge >= 0.3 is 0 Å². The highest BCUT2D eigenvalue weighted by molar-refractivity contribution is 5.24. The van der Waals surface area contributed by atoms with Gasteiger partial charge in [0.05, 0.1) is 6.10 Å². The third kappa shape index (κ3) is 3.22. The van der Waals surface area contributed by atoms with Gasteiger partial charge in [0.1, 0.15) is 0 Å². The van der Waals surface area contributed by atoms with E-state index >= 15 is 0 Å². The Hall–Kier alpha value is -0.900. The van der Waals surface area contributed by atoms with Crippen LogP contribution in [0, 0.1) is 12.3 Å². The van der Waals surface area contributed by atoms with Crippen molar-refractivity contribution < 1.29 is 4.74 Å². The smallest absolute Gasteiger partial charge is 0.0655 e. The molecule has 3 N–H and O–H groups in total. The Bertz CT molecular complexity index is 427. The molecule has 0 aromatic heterocycles. The van der Waals surface area contributed by atoms with Crippen LogP contribution in [0.4, 0.5) is 0 Å². The summed E-state index contributed by atoms with van der Waals surface area (Å²) in [6.45, 7) is 10.3. The predicted octanol–water partition coefficient (Wildman–Crippen LogP) is 2.79. The Kier molecular flexibility index (Phi) is 4.84. The number of rotatable bonds is 6. The molecule has 3 nitrogen and oxygen atoms in total. The number of benzene rings is 1. The van der Waals surface area contributed by atoms with E-state index in [1.165, 1.54) is 11.1 Å². The van der Waals surface area contributed by atoms with Crippen LogP contribution in [0.1, 0.15) is 44.4 Å². The van der Waals surface area contributed by atoms with Crippen molar-refractivity contribution in [2.75, 3.05) is 13.2 Å². The molecule has 1 saturated carbocycles. The van der Waals surface area contributed by atoms with Gasteiger partial charge in [-0.05, 0) is 25.8 Å². The van der Waals surface area contributed by atoms with Gasteiger partial charge < -0.3 is 15.8 Å². The van der Waals surface area contributed by atoms with E-state index in [0.29, 0.717) is 12.1 Å². The molecule has 3 atom stereocenters. The van der Waals surface area contributed by atoms with E-state index in [-0.39, 0.29) is 11.5 Å². The molecular weight excluding hydrogens is 248 g/mol. The number of hydrogen-bond donors (Lipinski definition) is 2. The van der Waals surface area contributed by atoms with E-state index in [1.54, 1.807) is 0 Å². The average Bonchev–Trinajstić information content (AvgIpc) is 2.42. The molecular formula is C17H28N2O. The lowest BCUT2D eigenvalue weighted by atomic mass is 9.64. The van der Waals surface area contributed by atoms with Gasteiger partial charge in [0, 0.05) is 30.7 Å². The molecule has 1 aromatic rings. The van der Waals surface area contributed by atoms with E-state index in [4.69, 9.17) is 10.5 Å². The highest BCUT2D eigenvalue weighted by atomic mass is 16.5. The van der Waals surface area contributed by atoms with Crippen LogP contribution in [0.25, 0.3) is 0 Å². The van der Waals surface area contributed by atoms with E-state index in [0.717, 1.165) is 19.6 Å². The van der Waals surface area contributed by atoms with Crippen molar-refractivity contribution in [1.29, 1.82) is 0 Å². The molecule has 0 bridgehead atoms. The molecule has 20 heavy (non-hydrogen) atoms. The van der Waals surface area contributed by atoms with Crippen LogP contribution >= 0.6 is 0 Å². The second kappa shape index (κ2) is 6.25. The molecule has 1 aliphatic carbocycles. The number of ether oxygens (including phenoxy) is 1. The summed E-state index contributed by atoms with van der Waals surface area (Å²) >= 11 is 0. The van der Waals surface area contributed by atoms with Crippen molar-refractivity contribution in [1.82, 2.24) is 5.32 Å². The summed E-state index contributed by atoms with van der Waals surface area (Å²) < 4.78 is 5.76. The van der Waals surface area contributed by atoms with Gasteiger partial charge in [0.2, 0.25) is 0 Å². The summed E-state index contributed by atoms with van der Waals surface area (Å²) in [5, 5.41) is 3.61. The lowest BCUT2D eigenvalue weighted by molar-refractivity contribution is -0.114. The first-order valence-corrected chi connectivity index (χ1v) is 7.62. The fraction of sp³-hybridized carbons (Fsp3) is 0.647. The Labute approximate surface area is 122 Å². The maximum atomic E-state index is 6.26. The van der Waals surface area contributed by atoms with Crippen LogP contribution in [-0.2, 0) is 4.74 Å². The van der Waals surface area contributed by atoms with Crippen molar-refractivity contribution in [2.45, 2.75) is 52.3 Å². The Balaban J connectivity index is 1.83. The van der Waals surface area contributed by atoms with E-state index < -0.39 is 0 Å². The van der Waals surface area contributed by atoms with Gasteiger partial charge in [-0.3, -0.25) is 0 Å². The molecule has 112 valence electrons. The first-order valence-electron chi connectivity index (χ1n) is 7.62. The van der Waals surface area contributed by atoms with E-state index in [1.807, 2.05) is 0 Å². The molecule has 0 saturated heterocycles. The summed E-state index contributed by atoms with van der Waals surface area (Å²) in [5.74, 6) is 0. The minimum absolute atomic E-state index is 0.0533. The zero-order valence-corrected chi connectivity index (χ0v) is 13.1. The van der Waals surface area contributed by atoms with Crippen molar-refractivity contribution in [2.24, 2.45) is 11.1 Å². The van der Waals surface area contributed by atoms with Crippen LogP contribution in [0.5, 0.6) is 0 Å². The van der Waals surface area contributed by atoms with Gasteiger partial charge in [-0.25, -0.2) is 0 Å². The van der Waals surface area contributed by atoms with Gasteiger partial charge in [-0.15, -0.1) is 0 Å². The minimum Gasteiger partial charge on any atom is -0.378 e. The summed E-state index contributed by atoms with van der Waals surface area (Å²) in [6.07, 6.45) is 1.46. The van der Waals surface area contributed by atoms with Crippen LogP contribution in [0.2, 0.25) is 0 Å².